The predicted molar refractivity (Wildman–Crippen MR) is 68.1 cm³/mol. The van der Waals surface area contributed by atoms with Gasteiger partial charge in [-0.05, 0) is 24.3 Å². The molecule has 7 heteroatoms. The number of hydrogen-bond donors (Lipinski definition) is 1. The van der Waals surface area contributed by atoms with Crippen molar-refractivity contribution in [2.75, 3.05) is 6.26 Å². The van der Waals surface area contributed by atoms with Crippen LogP contribution in [0.5, 0.6) is 0 Å². The number of rotatable bonds is 5. The minimum absolute atomic E-state index is 0.189. The fraction of sp³-hybridized carbons (Fsp3) is 0.182. The van der Waals surface area contributed by atoms with E-state index < -0.39 is 10.0 Å². The first-order chi connectivity index (χ1) is 8.46. The van der Waals surface area contributed by atoms with Crippen molar-refractivity contribution in [2.24, 2.45) is 0 Å². The van der Waals surface area contributed by atoms with Crippen LogP contribution < -0.4 is 4.72 Å². The van der Waals surface area contributed by atoms with E-state index in [9.17, 15) is 13.2 Å². The van der Waals surface area contributed by atoms with E-state index in [0.29, 0.717) is 4.88 Å². The Morgan fingerprint density at radius 3 is 2.78 bits per heavy atom. The van der Waals surface area contributed by atoms with Crippen LogP contribution in [-0.4, -0.2) is 20.5 Å². The maximum Gasteiger partial charge on any atom is 0.238 e. The highest BCUT2D eigenvalue weighted by atomic mass is 32.2. The summed E-state index contributed by atoms with van der Waals surface area (Å²) in [7, 11) is -3.22. The Bertz CT molecular complexity index is 640. The number of ketones is 1. The second-order valence-electron chi connectivity index (χ2n) is 3.67. The molecule has 96 valence electrons. The minimum atomic E-state index is -3.22. The quantitative estimate of drug-likeness (QED) is 0.847. The van der Waals surface area contributed by atoms with Crippen LogP contribution in [0.25, 0.3) is 0 Å². The summed E-state index contributed by atoms with van der Waals surface area (Å²) in [6.07, 6.45) is 2.53. The molecule has 0 aromatic carbocycles. The third kappa shape index (κ3) is 3.28. The number of thiophene rings is 1. The van der Waals surface area contributed by atoms with E-state index in [1.54, 1.807) is 24.3 Å². The molecular weight excluding hydrogens is 274 g/mol. The summed E-state index contributed by atoms with van der Waals surface area (Å²) >= 11 is 1.24. The van der Waals surface area contributed by atoms with Gasteiger partial charge in [0.2, 0.25) is 15.8 Å². The minimum Gasteiger partial charge on any atom is -0.461 e. The van der Waals surface area contributed by atoms with Crippen molar-refractivity contribution >= 4 is 27.1 Å². The molecule has 2 aromatic heterocycles. The average Bonchev–Trinajstić information content (AvgIpc) is 2.96. The Morgan fingerprint density at radius 1 is 1.39 bits per heavy atom. The first-order valence-electron chi connectivity index (χ1n) is 5.07. The van der Waals surface area contributed by atoms with Gasteiger partial charge < -0.3 is 4.42 Å². The van der Waals surface area contributed by atoms with Gasteiger partial charge in [-0.15, -0.1) is 11.3 Å². The summed E-state index contributed by atoms with van der Waals surface area (Å²) in [6.45, 7) is 0.189. The average molecular weight is 285 g/mol. The molecule has 0 aliphatic heterocycles. The zero-order valence-corrected chi connectivity index (χ0v) is 11.2. The Morgan fingerprint density at radius 2 is 2.17 bits per heavy atom. The van der Waals surface area contributed by atoms with Crippen LogP contribution in [0.1, 0.15) is 20.3 Å². The maximum atomic E-state index is 11.9. The van der Waals surface area contributed by atoms with E-state index in [-0.39, 0.29) is 18.1 Å². The highest BCUT2D eigenvalue weighted by Crippen LogP contribution is 2.20. The van der Waals surface area contributed by atoms with E-state index in [1.807, 2.05) is 0 Å². The molecule has 0 unspecified atom stereocenters. The molecule has 0 atom stereocenters. The lowest BCUT2D eigenvalue weighted by molar-refractivity contribution is 0.101. The number of carbonyl (C=O) groups excluding carboxylic acids is 1. The number of furan rings is 1. The lowest BCUT2D eigenvalue weighted by Gasteiger charge is -1.98. The fourth-order valence-electron chi connectivity index (χ4n) is 1.33. The lowest BCUT2D eigenvalue weighted by atomic mass is 10.2. The summed E-state index contributed by atoms with van der Waals surface area (Å²) in [5.74, 6) is 0.0788. The van der Waals surface area contributed by atoms with Crippen LogP contribution >= 0.6 is 11.3 Å². The molecule has 2 aromatic rings. The van der Waals surface area contributed by atoms with Crippen molar-refractivity contribution in [2.45, 2.75) is 6.54 Å². The largest absolute Gasteiger partial charge is 0.461 e. The smallest absolute Gasteiger partial charge is 0.238 e. The van der Waals surface area contributed by atoms with Gasteiger partial charge in [0.15, 0.2) is 5.76 Å². The third-order valence-electron chi connectivity index (χ3n) is 2.14. The molecule has 2 rings (SSSR count). The Kier molecular flexibility index (Phi) is 3.65. The van der Waals surface area contributed by atoms with Crippen molar-refractivity contribution in [3.05, 3.63) is 46.0 Å². The third-order valence-corrected chi connectivity index (χ3v) is 3.89. The van der Waals surface area contributed by atoms with Crippen LogP contribution in [0.15, 0.2) is 34.9 Å². The Labute approximate surface area is 108 Å². The molecule has 0 aliphatic rings. The van der Waals surface area contributed by atoms with Crippen LogP contribution in [0.4, 0.5) is 0 Å². The molecule has 0 saturated carbocycles. The zero-order valence-electron chi connectivity index (χ0n) is 9.54. The molecular formula is C11H11NO4S2. The number of hydrogen-bond acceptors (Lipinski definition) is 5. The summed E-state index contributed by atoms with van der Waals surface area (Å²) in [6, 6.07) is 6.62. The van der Waals surface area contributed by atoms with Gasteiger partial charge in [-0.25, -0.2) is 13.1 Å². The van der Waals surface area contributed by atoms with E-state index >= 15 is 0 Å². The van der Waals surface area contributed by atoms with Crippen LogP contribution in [-0.2, 0) is 16.6 Å². The Balaban J connectivity index is 2.09. The molecule has 1 N–H and O–H groups in total. The maximum absolute atomic E-state index is 11.9. The van der Waals surface area contributed by atoms with Crippen molar-refractivity contribution in [1.82, 2.24) is 4.72 Å². The summed E-state index contributed by atoms with van der Waals surface area (Å²) in [5.41, 5.74) is 0. The molecule has 0 radical (unpaired) electrons. The Hall–Kier alpha value is -1.44. The van der Waals surface area contributed by atoms with E-state index in [0.717, 1.165) is 11.1 Å². The van der Waals surface area contributed by atoms with Crippen molar-refractivity contribution in [1.29, 1.82) is 0 Å². The second-order valence-corrected chi connectivity index (χ2v) is 6.67. The first-order valence-corrected chi connectivity index (χ1v) is 7.78. The molecule has 18 heavy (non-hydrogen) atoms. The molecule has 0 bridgehead atoms. The van der Waals surface area contributed by atoms with Gasteiger partial charge >= 0.3 is 0 Å². The molecule has 0 fully saturated rings. The van der Waals surface area contributed by atoms with Gasteiger partial charge in [-0.2, -0.15) is 0 Å². The zero-order chi connectivity index (χ0) is 13.2. The molecule has 2 heterocycles. The number of carbonyl (C=O) groups is 1. The molecule has 0 saturated heterocycles. The van der Waals surface area contributed by atoms with Crippen LogP contribution in [0, 0.1) is 0 Å². The van der Waals surface area contributed by atoms with Gasteiger partial charge in [-0.1, -0.05) is 0 Å². The highest BCUT2D eigenvalue weighted by Gasteiger charge is 2.14. The second kappa shape index (κ2) is 5.05. The number of sulfonamides is 1. The normalized spacial score (nSPS) is 11.6. The van der Waals surface area contributed by atoms with E-state index in [4.69, 9.17) is 4.42 Å². The van der Waals surface area contributed by atoms with Crippen molar-refractivity contribution in [3.63, 3.8) is 0 Å². The topological polar surface area (TPSA) is 76.4 Å². The summed E-state index contributed by atoms with van der Waals surface area (Å²) in [5, 5.41) is 0. The van der Waals surface area contributed by atoms with E-state index in [1.165, 1.54) is 17.6 Å². The van der Waals surface area contributed by atoms with Crippen LogP contribution in [0.2, 0.25) is 0 Å². The molecule has 5 nitrogen and oxygen atoms in total. The highest BCUT2D eigenvalue weighted by molar-refractivity contribution is 7.88. The molecule has 0 amide bonds. The first kappa shape index (κ1) is 13.0. The lowest BCUT2D eigenvalue weighted by Crippen LogP contribution is -2.20. The summed E-state index contributed by atoms with van der Waals surface area (Å²) < 4.78 is 29.3. The van der Waals surface area contributed by atoms with E-state index in [2.05, 4.69) is 4.72 Å². The van der Waals surface area contributed by atoms with Gasteiger partial charge in [0.05, 0.1) is 17.4 Å². The van der Waals surface area contributed by atoms with Gasteiger partial charge in [0.25, 0.3) is 0 Å². The van der Waals surface area contributed by atoms with Gasteiger partial charge in [0, 0.05) is 11.4 Å². The molecule has 0 aliphatic carbocycles. The van der Waals surface area contributed by atoms with Crippen molar-refractivity contribution in [3.8, 4) is 0 Å². The molecule has 0 spiro atoms. The van der Waals surface area contributed by atoms with Gasteiger partial charge in [0.1, 0.15) is 0 Å². The SMILES string of the molecule is CS(=O)(=O)NCc1ccc(C(=O)c2ccco2)s1. The monoisotopic (exact) mass is 285 g/mol. The number of nitrogens with one attached hydrogen (secondary N) is 1. The van der Waals surface area contributed by atoms with Crippen molar-refractivity contribution < 1.29 is 17.6 Å². The standard InChI is InChI=1S/C11H11NO4S2/c1-18(14,15)12-7-8-4-5-10(17-8)11(13)9-3-2-6-16-9/h2-6,12H,7H2,1H3. The van der Waals surface area contributed by atoms with Gasteiger partial charge in [-0.3, -0.25) is 4.79 Å². The summed E-state index contributed by atoms with van der Waals surface area (Å²) in [4.78, 5) is 13.2. The fourth-order valence-corrected chi connectivity index (χ4v) is 2.73. The van der Waals surface area contributed by atoms with Crippen LogP contribution in [0.3, 0.4) is 0 Å². The predicted octanol–water partition coefficient (Wildman–Crippen LogP) is 1.62.